The number of aliphatic carboxylic acids is 1. The molecule has 1 heterocycles. The second kappa shape index (κ2) is 10.9. The van der Waals surface area contributed by atoms with E-state index in [-0.39, 0.29) is 17.4 Å². The van der Waals surface area contributed by atoms with Gasteiger partial charge in [0.1, 0.15) is 6.04 Å². The van der Waals surface area contributed by atoms with Crippen LogP contribution in [-0.2, 0) is 26.8 Å². The normalized spacial score (nSPS) is 15.3. The summed E-state index contributed by atoms with van der Waals surface area (Å²) in [7, 11) is 5.36. The Bertz CT molecular complexity index is 1160. The lowest BCUT2D eigenvalue weighted by molar-refractivity contribution is -0.140. The summed E-state index contributed by atoms with van der Waals surface area (Å²) in [6.07, 6.45) is 3.59. The SMILES string of the molecule is CN[C@H](C(=O)N[C@H](C(=O)N(C)C(C)/C=C(\C)C(=O)O)C(C)(C)C)C(C)(C)c1cn(C)c2ccccc12. The fraction of sp³-hybridized carbons (Fsp3) is 0.536. The maximum absolute atomic E-state index is 13.7. The molecule has 0 aliphatic heterocycles. The first-order chi connectivity index (χ1) is 16.5. The van der Waals surface area contributed by atoms with E-state index in [0.29, 0.717) is 0 Å². The van der Waals surface area contributed by atoms with E-state index in [0.717, 1.165) is 16.5 Å². The zero-order valence-corrected chi connectivity index (χ0v) is 23.3. The van der Waals surface area contributed by atoms with Gasteiger partial charge in [0.15, 0.2) is 0 Å². The number of rotatable bonds is 9. The molecule has 2 aromatic rings. The highest BCUT2D eigenvalue weighted by molar-refractivity contribution is 5.93. The largest absolute Gasteiger partial charge is 0.478 e. The van der Waals surface area contributed by atoms with Crippen LogP contribution in [0.3, 0.4) is 0 Å². The van der Waals surface area contributed by atoms with Crippen molar-refractivity contribution in [1.29, 1.82) is 0 Å². The van der Waals surface area contributed by atoms with Gasteiger partial charge in [-0.1, -0.05) is 58.9 Å². The Morgan fingerprint density at radius 3 is 2.19 bits per heavy atom. The van der Waals surface area contributed by atoms with Gasteiger partial charge < -0.3 is 25.2 Å². The van der Waals surface area contributed by atoms with Crippen molar-refractivity contribution in [3.63, 3.8) is 0 Å². The number of fused-ring (bicyclic) bond motifs is 1. The third-order valence-corrected chi connectivity index (χ3v) is 7.05. The number of hydrogen-bond donors (Lipinski definition) is 3. The van der Waals surface area contributed by atoms with E-state index in [9.17, 15) is 19.5 Å². The number of aromatic nitrogens is 1. The third kappa shape index (κ3) is 5.98. The molecular weight excluding hydrogens is 456 g/mol. The number of aryl methyl sites for hydroxylation is 1. The molecule has 0 bridgehead atoms. The van der Waals surface area contributed by atoms with E-state index in [1.807, 2.05) is 53.8 Å². The van der Waals surface area contributed by atoms with E-state index >= 15 is 0 Å². The number of benzene rings is 1. The van der Waals surface area contributed by atoms with Crippen LogP contribution in [0.5, 0.6) is 0 Å². The Morgan fingerprint density at radius 1 is 1.08 bits per heavy atom. The quantitative estimate of drug-likeness (QED) is 0.460. The molecule has 0 fully saturated rings. The van der Waals surface area contributed by atoms with Gasteiger partial charge >= 0.3 is 5.97 Å². The minimum Gasteiger partial charge on any atom is -0.478 e. The molecule has 8 nitrogen and oxygen atoms in total. The lowest BCUT2D eigenvalue weighted by Crippen LogP contribution is -2.61. The molecule has 36 heavy (non-hydrogen) atoms. The summed E-state index contributed by atoms with van der Waals surface area (Å²) in [5.74, 6) is -1.59. The molecule has 198 valence electrons. The standard InChI is InChI=1S/C28H42N4O4/c1-17(26(35)36)15-18(2)32(10)25(34)23(27(3,4)5)30-24(33)22(29-8)28(6,7)20-16-31(9)21-14-12-11-13-19(20)21/h11-16,18,22-23,29H,1-10H3,(H,30,33)(H,35,36)/b17-15+/t18?,22-,23-/m1/s1. The van der Waals surface area contributed by atoms with Gasteiger partial charge in [-0.3, -0.25) is 9.59 Å². The van der Waals surface area contributed by atoms with Gasteiger partial charge in [-0.2, -0.15) is 0 Å². The van der Waals surface area contributed by atoms with Crippen LogP contribution in [0, 0.1) is 5.41 Å². The highest BCUT2D eigenvalue weighted by atomic mass is 16.4. The Labute approximate surface area is 214 Å². The van der Waals surface area contributed by atoms with Crippen LogP contribution in [0.15, 0.2) is 42.1 Å². The second-order valence-electron chi connectivity index (χ2n) is 11.3. The average Bonchev–Trinajstić information content (AvgIpc) is 3.13. The summed E-state index contributed by atoms with van der Waals surface area (Å²) >= 11 is 0. The van der Waals surface area contributed by atoms with Crippen molar-refractivity contribution in [2.24, 2.45) is 12.5 Å². The van der Waals surface area contributed by atoms with E-state index in [2.05, 4.69) is 33.5 Å². The molecule has 0 aliphatic carbocycles. The van der Waals surface area contributed by atoms with Gasteiger partial charge in [-0.15, -0.1) is 0 Å². The molecule has 1 aromatic carbocycles. The van der Waals surface area contributed by atoms with Gasteiger partial charge in [0.25, 0.3) is 0 Å². The highest BCUT2D eigenvalue weighted by Gasteiger charge is 2.42. The first-order valence-electron chi connectivity index (χ1n) is 12.2. The number of nitrogens with one attached hydrogen (secondary N) is 2. The van der Waals surface area contributed by atoms with Crippen molar-refractivity contribution < 1.29 is 19.5 Å². The minimum atomic E-state index is -1.03. The molecule has 0 aliphatic rings. The summed E-state index contributed by atoms with van der Waals surface area (Å²) in [6.45, 7) is 13.0. The zero-order chi connectivity index (χ0) is 27.6. The predicted octanol–water partition coefficient (Wildman–Crippen LogP) is 3.45. The Balaban J connectivity index is 2.38. The third-order valence-electron chi connectivity index (χ3n) is 7.05. The number of likely N-dealkylation sites (N-methyl/N-ethyl adjacent to an activating group) is 2. The van der Waals surface area contributed by atoms with Crippen molar-refractivity contribution in [3.05, 3.63) is 47.7 Å². The number of carbonyl (C=O) groups excluding carboxylic acids is 2. The average molecular weight is 499 g/mol. The molecule has 2 rings (SSSR count). The van der Waals surface area contributed by atoms with Crippen LogP contribution in [0.2, 0.25) is 0 Å². The molecule has 1 aromatic heterocycles. The summed E-state index contributed by atoms with van der Waals surface area (Å²) < 4.78 is 2.06. The molecule has 0 saturated heterocycles. The van der Waals surface area contributed by atoms with Crippen LogP contribution < -0.4 is 10.6 Å². The van der Waals surface area contributed by atoms with Crippen LogP contribution in [0.1, 0.15) is 54.0 Å². The second-order valence-corrected chi connectivity index (χ2v) is 11.3. The molecule has 0 saturated carbocycles. The Morgan fingerprint density at radius 2 is 1.67 bits per heavy atom. The summed E-state index contributed by atoms with van der Waals surface area (Å²) in [5.41, 5.74) is 1.11. The number of amides is 2. The van der Waals surface area contributed by atoms with Crippen molar-refractivity contribution in [3.8, 4) is 0 Å². The maximum Gasteiger partial charge on any atom is 0.331 e. The van der Waals surface area contributed by atoms with Crippen LogP contribution in [0.4, 0.5) is 0 Å². The topological polar surface area (TPSA) is 104 Å². The Hall–Kier alpha value is -3.13. The smallest absolute Gasteiger partial charge is 0.331 e. The van der Waals surface area contributed by atoms with Gasteiger partial charge in [0, 0.05) is 48.2 Å². The molecule has 0 spiro atoms. The molecule has 8 heteroatoms. The number of nitrogens with zero attached hydrogens (tertiary/aromatic N) is 2. The van der Waals surface area contributed by atoms with Crippen molar-refractivity contribution in [2.75, 3.05) is 14.1 Å². The number of carbonyl (C=O) groups is 3. The highest BCUT2D eigenvalue weighted by Crippen LogP contribution is 2.35. The lowest BCUT2D eigenvalue weighted by Gasteiger charge is -2.38. The Kier molecular flexibility index (Phi) is 8.78. The van der Waals surface area contributed by atoms with Gasteiger partial charge in [0.2, 0.25) is 11.8 Å². The van der Waals surface area contributed by atoms with Crippen LogP contribution in [-0.4, -0.2) is 64.6 Å². The van der Waals surface area contributed by atoms with Crippen molar-refractivity contribution in [2.45, 2.75) is 72.0 Å². The minimum absolute atomic E-state index is 0.158. The first-order valence-corrected chi connectivity index (χ1v) is 12.2. The van der Waals surface area contributed by atoms with E-state index < -0.39 is 34.9 Å². The first kappa shape index (κ1) is 29.1. The molecule has 1 unspecified atom stereocenters. The summed E-state index contributed by atoms with van der Waals surface area (Å²) in [4.78, 5) is 40.0. The van der Waals surface area contributed by atoms with Crippen molar-refractivity contribution in [1.82, 2.24) is 20.1 Å². The monoisotopic (exact) mass is 498 g/mol. The summed E-state index contributed by atoms with van der Waals surface area (Å²) in [5, 5.41) is 16.5. The predicted molar refractivity (Wildman–Crippen MR) is 144 cm³/mol. The molecule has 2 amide bonds. The molecule has 3 N–H and O–H groups in total. The van der Waals surface area contributed by atoms with Gasteiger partial charge in [-0.25, -0.2) is 4.79 Å². The van der Waals surface area contributed by atoms with Crippen LogP contribution >= 0.6 is 0 Å². The van der Waals surface area contributed by atoms with Gasteiger partial charge in [-0.05, 0) is 37.9 Å². The number of carboxylic acid groups (broad SMARTS) is 1. The number of para-hydroxylation sites is 1. The van der Waals surface area contributed by atoms with E-state index in [4.69, 9.17) is 0 Å². The summed E-state index contributed by atoms with van der Waals surface area (Å²) in [6, 6.07) is 6.21. The fourth-order valence-electron chi connectivity index (χ4n) is 4.65. The fourth-order valence-corrected chi connectivity index (χ4v) is 4.65. The maximum atomic E-state index is 13.7. The van der Waals surface area contributed by atoms with Crippen LogP contribution in [0.25, 0.3) is 10.9 Å². The van der Waals surface area contributed by atoms with E-state index in [1.165, 1.54) is 17.9 Å². The lowest BCUT2D eigenvalue weighted by atomic mass is 9.76. The number of carboxylic acids is 1. The molecule has 0 radical (unpaired) electrons. The zero-order valence-electron chi connectivity index (χ0n) is 23.3. The van der Waals surface area contributed by atoms with Gasteiger partial charge in [0.05, 0.1) is 6.04 Å². The van der Waals surface area contributed by atoms with E-state index in [1.54, 1.807) is 21.0 Å². The molecule has 3 atom stereocenters. The number of hydrogen-bond acceptors (Lipinski definition) is 4. The molecular formula is C28H42N4O4. The van der Waals surface area contributed by atoms with Crippen molar-refractivity contribution >= 4 is 28.7 Å².